The summed E-state index contributed by atoms with van der Waals surface area (Å²) in [6.07, 6.45) is 14.2. The van der Waals surface area contributed by atoms with Crippen molar-refractivity contribution in [2.24, 2.45) is 28.2 Å². The Morgan fingerprint density at radius 2 is 1.90 bits per heavy atom. The van der Waals surface area contributed by atoms with Crippen molar-refractivity contribution in [3.8, 4) is 0 Å². The maximum atomic E-state index is 5.90. The van der Waals surface area contributed by atoms with Crippen LogP contribution in [0.15, 0.2) is 29.0 Å². The number of hydrogen-bond acceptors (Lipinski definition) is 3. The van der Waals surface area contributed by atoms with Gasteiger partial charge in [-0.3, -0.25) is 5.32 Å². The average Bonchev–Trinajstić information content (AvgIpc) is 2.46. The fourth-order valence-electron chi connectivity index (χ4n) is 5.54. The molecule has 4 heteroatoms. The largest absolute Gasteiger partial charge is 0.363 e. The van der Waals surface area contributed by atoms with Gasteiger partial charge in [-0.05, 0) is 67.8 Å². The van der Waals surface area contributed by atoms with E-state index < -0.39 is 5.66 Å². The Balaban J connectivity index is 1.47. The zero-order chi connectivity index (χ0) is 14.5. The van der Waals surface area contributed by atoms with Crippen LogP contribution in [0.4, 0.5) is 0 Å². The van der Waals surface area contributed by atoms with Gasteiger partial charge < -0.3 is 5.32 Å². The van der Waals surface area contributed by atoms with Crippen molar-refractivity contribution in [2.45, 2.75) is 44.2 Å². The lowest BCUT2D eigenvalue weighted by molar-refractivity contribution is -0.0529. The Morgan fingerprint density at radius 1 is 1.29 bits per heavy atom. The van der Waals surface area contributed by atoms with E-state index in [9.17, 15) is 0 Å². The first-order valence-electron chi connectivity index (χ1n) is 8.18. The molecule has 0 spiro atoms. The van der Waals surface area contributed by atoms with E-state index in [2.05, 4.69) is 22.2 Å². The van der Waals surface area contributed by atoms with Crippen LogP contribution in [0, 0.1) is 23.2 Å². The van der Waals surface area contributed by atoms with E-state index in [1.165, 1.54) is 38.5 Å². The van der Waals surface area contributed by atoms with Crippen molar-refractivity contribution < 1.29 is 0 Å². The topological polar surface area (TPSA) is 36.4 Å². The summed E-state index contributed by atoms with van der Waals surface area (Å²) in [5.74, 6) is 2.96. The van der Waals surface area contributed by atoms with Crippen LogP contribution in [0.2, 0.25) is 0 Å². The molecule has 3 nitrogen and oxygen atoms in total. The lowest BCUT2D eigenvalue weighted by Crippen LogP contribution is -2.60. The number of halogens is 1. The molecule has 0 saturated heterocycles. The molecule has 4 saturated carbocycles. The van der Waals surface area contributed by atoms with Crippen molar-refractivity contribution in [2.75, 3.05) is 6.54 Å². The van der Waals surface area contributed by atoms with Gasteiger partial charge in [-0.1, -0.05) is 18.2 Å². The third-order valence-corrected chi connectivity index (χ3v) is 6.27. The first kappa shape index (κ1) is 13.8. The summed E-state index contributed by atoms with van der Waals surface area (Å²) >= 11 is 5.90. The molecule has 5 aliphatic rings. The van der Waals surface area contributed by atoms with Gasteiger partial charge in [0.15, 0.2) is 0 Å². The minimum absolute atomic E-state index is 0.443. The van der Waals surface area contributed by atoms with Crippen LogP contribution in [0.3, 0.4) is 0 Å². The summed E-state index contributed by atoms with van der Waals surface area (Å²) in [7, 11) is 0. The maximum Gasteiger partial charge on any atom is 0.144 e. The lowest BCUT2D eigenvalue weighted by atomic mass is 9.49. The van der Waals surface area contributed by atoms with Gasteiger partial charge in [-0.2, -0.15) is 0 Å². The highest BCUT2D eigenvalue weighted by molar-refractivity contribution is 6.30. The highest BCUT2D eigenvalue weighted by Gasteiger charge is 2.51. The smallest absolute Gasteiger partial charge is 0.144 e. The van der Waals surface area contributed by atoms with Gasteiger partial charge in [0.2, 0.25) is 0 Å². The molecule has 114 valence electrons. The molecule has 4 aliphatic carbocycles. The van der Waals surface area contributed by atoms with Crippen LogP contribution in [0.1, 0.15) is 38.5 Å². The van der Waals surface area contributed by atoms with E-state index in [1.807, 2.05) is 12.3 Å². The summed E-state index contributed by atoms with van der Waals surface area (Å²) < 4.78 is 0. The highest BCUT2D eigenvalue weighted by Crippen LogP contribution is 2.59. The number of rotatable bonds is 4. The SMILES string of the molecule is C=CC1(NCC23CC4CC(CC(C4)C2)C3)C=NC(Cl)=CN1. The maximum absolute atomic E-state index is 5.90. The molecule has 0 radical (unpaired) electrons. The molecule has 21 heavy (non-hydrogen) atoms. The Bertz CT molecular complexity index is 475. The van der Waals surface area contributed by atoms with E-state index in [-0.39, 0.29) is 0 Å². The molecule has 1 heterocycles. The van der Waals surface area contributed by atoms with Gasteiger partial charge in [0.1, 0.15) is 10.8 Å². The second-order valence-corrected chi connectivity index (χ2v) is 8.10. The molecule has 0 aromatic heterocycles. The van der Waals surface area contributed by atoms with Gasteiger partial charge >= 0.3 is 0 Å². The summed E-state index contributed by atoms with van der Waals surface area (Å²) in [6, 6.07) is 0. The van der Waals surface area contributed by atoms with E-state index >= 15 is 0 Å². The van der Waals surface area contributed by atoms with Crippen molar-refractivity contribution in [1.29, 1.82) is 0 Å². The standard InChI is InChI=1S/C17H24ClN3/c1-2-17(11-19-15(18)9-20-17)21-10-16-6-12-3-13(7-16)5-14(4-12)8-16/h2,9,11-14,20-21H,1,3-8,10H2. The molecular formula is C17H24ClN3. The summed E-state index contributed by atoms with van der Waals surface area (Å²) in [5.41, 5.74) is 0.0625. The van der Waals surface area contributed by atoms with Gasteiger partial charge in [0.25, 0.3) is 0 Å². The minimum Gasteiger partial charge on any atom is -0.363 e. The second kappa shape index (κ2) is 4.85. The fourth-order valence-corrected chi connectivity index (χ4v) is 5.64. The molecule has 0 amide bonds. The van der Waals surface area contributed by atoms with Gasteiger partial charge in [-0.25, -0.2) is 4.99 Å². The predicted molar refractivity (Wildman–Crippen MR) is 87.1 cm³/mol. The van der Waals surface area contributed by atoms with Gasteiger partial charge in [-0.15, -0.1) is 0 Å². The van der Waals surface area contributed by atoms with Gasteiger partial charge in [0.05, 0.1) is 6.21 Å². The molecule has 0 aromatic carbocycles. The fraction of sp³-hybridized carbons (Fsp3) is 0.706. The monoisotopic (exact) mass is 305 g/mol. The molecular weight excluding hydrogens is 282 g/mol. The second-order valence-electron chi connectivity index (χ2n) is 7.71. The van der Waals surface area contributed by atoms with Crippen molar-refractivity contribution >= 4 is 17.8 Å². The Labute approximate surface area is 131 Å². The zero-order valence-electron chi connectivity index (χ0n) is 12.4. The number of aliphatic imine (C=N–C) groups is 1. The van der Waals surface area contributed by atoms with E-state index in [0.29, 0.717) is 10.6 Å². The van der Waals surface area contributed by atoms with Gasteiger partial charge in [0, 0.05) is 12.7 Å². The Hall–Kier alpha value is -0.800. The Morgan fingerprint density at radius 3 is 2.38 bits per heavy atom. The molecule has 4 fully saturated rings. The molecule has 1 aliphatic heterocycles. The van der Waals surface area contributed by atoms with E-state index in [1.54, 1.807) is 6.20 Å². The zero-order valence-corrected chi connectivity index (χ0v) is 13.2. The first-order valence-corrected chi connectivity index (χ1v) is 8.55. The van der Waals surface area contributed by atoms with Crippen LogP contribution in [-0.4, -0.2) is 18.4 Å². The summed E-state index contributed by atoms with van der Waals surface area (Å²) in [5, 5.41) is 7.46. The minimum atomic E-state index is -0.443. The van der Waals surface area contributed by atoms with Crippen molar-refractivity contribution in [3.05, 3.63) is 24.0 Å². The lowest BCUT2D eigenvalue weighted by Gasteiger charge is -2.57. The molecule has 0 aromatic rings. The average molecular weight is 306 g/mol. The molecule has 2 N–H and O–H groups in total. The molecule has 4 bridgehead atoms. The number of nitrogens with one attached hydrogen (secondary N) is 2. The highest BCUT2D eigenvalue weighted by atomic mass is 35.5. The van der Waals surface area contributed by atoms with Crippen LogP contribution in [0.25, 0.3) is 0 Å². The van der Waals surface area contributed by atoms with Crippen LogP contribution in [0.5, 0.6) is 0 Å². The van der Waals surface area contributed by atoms with Crippen molar-refractivity contribution in [1.82, 2.24) is 10.6 Å². The number of nitrogens with zero attached hydrogens (tertiary/aromatic N) is 1. The van der Waals surface area contributed by atoms with Crippen LogP contribution < -0.4 is 10.6 Å². The molecule has 5 rings (SSSR count). The van der Waals surface area contributed by atoms with Crippen molar-refractivity contribution in [3.63, 3.8) is 0 Å². The number of hydrogen-bond donors (Lipinski definition) is 2. The molecule has 1 atom stereocenters. The van der Waals surface area contributed by atoms with E-state index in [0.717, 1.165) is 24.3 Å². The Kier molecular flexibility index (Phi) is 3.20. The third kappa shape index (κ3) is 2.44. The summed E-state index contributed by atoms with van der Waals surface area (Å²) in [6.45, 7) is 5.01. The predicted octanol–water partition coefficient (Wildman–Crippen LogP) is 3.39. The van der Waals surface area contributed by atoms with Crippen LogP contribution in [-0.2, 0) is 0 Å². The first-order chi connectivity index (χ1) is 10.1. The van der Waals surface area contributed by atoms with Crippen LogP contribution >= 0.6 is 11.6 Å². The van der Waals surface area contributed by atoms with E-state index in [4.69, 9.17) is 11.6 Å². The quantitative estimate of drug-likeness (QED) is 0.617. The third-order valence-electron chi connectivity index (χ3n) is 6.06. The summed E-state index contributed by atoms with van der Waals surface area (Å²) in [4.78, 5) is 4.22. The normalized spacial score (nSPS) is 47.1. The molecule has 1 unspecified atom stereocenters.